The molecule has 100 valence electrons. The van der Waals surface area contributed by atoms with Crippen LogP contribution in [0, 0.1) is 5.92 Å². The van der Waals surface area contributed by atoms with Crippen molar-refractivity contribution in [1.29, 1.82) is 0 Å². The largest absolute Gasteiger partial charge is 0.401 e. The van der Waals surface area contributed by atoms with Gasteiger partial charge in [0.15, 0.2) is 0 Å². The van der Waals surface area contributed by atoms with Gasteiger partial charge in [-0.2, -0.15) is 13.2 Å². The highest BCUT2D eigenvalue weighted by atomic mass is 19.4. The molecule has 0 amide bonds. The number of hydrogen-bond acceptors (Lipinski definition) is 2. The van der Waals surface area contributed by atoms with Crippen LogP contribution in [0.15, 0.2) is 0 Å². The first-order chi connectivity index (χ1) is 7.94. The summed E-state index contributed by atoms with van der Waals surface area (Å²) in [5, 5.41) is 3.34. The Bertz CT molecular complexity index is 251. The Balaban J connectivity index is 1.84. The van der Waals surface area contributed by atoms with Crippen molar-refractivity contribution in [2.75, 3.05) is 19.6 Å². The number of nitrogens with one attached hydrogen (secondary N) is 1. The lowest BCUT2D eigenvalue weighted by Gasteiger charge is -2.33. The molecule has 2 rings (SSSR count). The minimum Gasteiger partial charge on any atom is -0.313 e. The number of piperidine rings is 1. The molecule has 2 aliphatic rings. The molecule has 2 unspecified atom stereocenters. The van der Waals surface area contributed by atoms with Crippen molar-refractivity contribution in [2.24, 2.45) is 5.92 Å². The third-order valence-corrected chi connectivity index (χ3v) is 3.66. The van der Waals surface area contributed by atoms with Crippen LogP contribution in [0.5, 0.6) is 0 Å². The molecule has 17 heavy (non-hydrogen) atoms. The van der Waals surface area contributed by atoms with E-state index in [2.05, 4.69) is 12.2 Å². The molecule has 1 aliphatic carbocycles. The maximum atomic E-state index is 12.5. The van der Waals surface area contributed by atoms with Crippen LogP contribution in [-0.2, 0) is 0 Å². The number of nitrogens with zero attached hydrogens (tertiary/aromatic N) is 1. The summed E-state index contributed by atoms with van der Waals surface area (Å²) in [6.45, 7) is 2.92. The van der Waals surface area contributed by atoms with Gasteiger partial charge >= 0.3 is 6.18 Å². The summed E-state index contributed by atoms with van der Waals surface area (Å²) in [5.41, 5.74) is 0. The van der Waals surface area contributed by atoms with Crippen LogP contribution in [0.4, 0.5) is 13.2 Å². The van der Waals surface area contributed by atoms with E-state index in [4.69, 9.17) is 0 Å². The van der Waals surface area contributed by atoms with E-state index in [-0.39, 0.29) is 12.1 Å². The minimum atomic E-state index is -4.07. The molecular formula is C12H21F3N2. The molecule has 1 N–H and O–H groups in total. The van der Waals surface area contributed by atoms with E-state index in [0.29, 0.717) is 12.5 Å². The smallest absolute Gasteiger partial charge is 0.313 e. The highest BCUT2D eigenvalue weighted by molar-refractivity contribution is 4.89. The van der Waals surface area contributed by atoms with Crippen LogP contribution in [0.2, 0.25) is 0 Å². The molecule has 0 spiro atoms. The molecule has 1 saturated heterocycles. The van der Waals surface area contributed by atoms with Gasteiger partial charge in [-0.1, -0.05) is 6.92 Å². The topological polar surface area (TPSA) is 15.3 Å². The number of halogens is 3. The normalized spacial score (nSPS) is 30.9. The Labute approximate surface area is 101 Å². The summed E-state index contributed by atoms with van der Waals surface area (Å²) in [6.07, 6.45) is -0.0696. The highest BCUT2D eigenvalue weighted by Crippen LogP contribution is 2.31. The van der Waals surface area contributed by atoms with Crippen LogP contribution in [-0.4, -0.2) is 42.8 Å². The summed E-state index contributed by atoms with van der Waals surface area (Å²) >= 11 is 0. The van der Waals surface area contributed by atoms with Gasteiger partial charge in [0.1, 0.15) is 0 Å². The van der Waals surface area contributed by atoms with E-state index in [1.165, 1.54) is 0 Å². The molecule has 2 atom stereocenters. The van der Waals surface area contributed by atoms with Crippen molar-refractivity contribution in [3.63, 3.8) is 0 Å². The number of hydrogen-bond donors (Lipinski definition) is 1. The lowest BCUT2D eigenvalue weighted by Crippen LogP contribution is -2.48. The summed E-state index contributed by atoms with van der Waals surface area (Å²) in [6, 6.07) is 0.414. The molecule has 1 aliphatic heterocycles. The average Bonchev–Trinajstić information content (AvgIpc) is 2.97. The van der Waals surface area contributed by atoms with Gasteiger partial charge in [0.2, 0.25) is 0 Å². The van der Waals surface area contributed by atoms with Gasteiger partial charge in [0, 0.05) is 18.6 Å². The van der Waals surface area contributed by atoms with E-state index in [1.54, 1.807) is 4.90 Å². The molecule has 2 nitrogen and oxygen atoms in total. The van der Waals surface area contributed by atoms with Crippen molar-refractivity contribution < 1.29 is 13.2 Å². The first-order valence-electron chi connectivity index (χ1n) is 6.48. The third-order valence-electron chi connectivity index (χ3n) is 3.66. The van der Waals surface area contributed by atoms with Gasteiger partial charge in [0.25, 0.3) is 0 Å². The standard InChI is InChI=1S/C12H21F3N2/c1-9-4-5-16-10(6-9)7-17(11-2-3-11)8-12(13,14)15/h9-11,16H,2-8H2,1H3. The molecule has 0 aromatic carbocycles. The monoisotopic (exact) mass is 250 g/mol. The van der Waals surface area contributed by atoms with Gasteiger partial charge in [-0.25, -0.2) is 0 Å². The first kappa shape index (κ1) is 13.1. The van der Waals surface area contributed by atoms with Gasteiger partial charge < -0.3 is 5.32 Å². The highest BCUT2D eigenvalue weighted by Gasteiger charge is 2.39. The zero-order chi connectivity index (χ0) is 12.5. The second-order valence-electron chi connectivity index (χ2n) is 5.56. The summed E-state index contributed by atoms with van der Waals surface area (Å²) in [5.74, 6) is 0.633. The Hall–Kier alpha value is -0.290. The minimum absolute atomic E-state index is 0.177. The van der Waals surface area contributed by atoms with Crippen molar-refractivity contribution in [3.8, 4) is 0 Å². The maximum absolute atomic E-state index is 12.5. The van der Waals surface area contributed by atoms with E-state index < -0.39 is 12.7 Å². The van der Waals surface area contributed by atoms with Crippen LogP contribution in [0.25, 0.3) is 0 Å². The molecule has 0 bridgehead atoms. The van der Waals surface area contributed by atoms with Crippen molar-refractivity contribution >= 4 is 0 Å². The fourth-order valence-electron chi connectivity index (χ4n) is 2.66. The molecule has 2 fully saturated rings. The predicted octanol–water partition coefficient (Wildman–Crippen LogP) is 2.40. The van der Waals surface area contributed by atoms with E-state index >= 15 is 0 Å². The summed E-state index contributed by atoms with van der Waals surface area (Å²) in [4.78, 5) is 1.62. The Morgan fingerprint density at radius 2 is 1.94 bits per heavy atom. The van der Waals surface area contributed by atoms with Gasteiger partial charge in [-0.05, 0) is 38.1 Å². The van der Waals surface area contributed by atoms with Crippen LogP contribution in [0.3, 0.4) is 0 Å². The third kappa shape index (κ3) is 4.47. The summed E-state index contributed by atoms with van der Waals surface area (Å²) in [7, 11) is 0. The second-order valence-corrected chi connectivity index (χ2v) is 5.56. The quantitative estimate of drug-likeness (QED) is 0.824. The maximum Gasteiger partial charge on any atom is 0.401 e. The van der Waals surface area contributed by atoms with Crippen molar-refractivity contribution in [1.82, 2.24) is 10.2 Å². The molecule has 0 radical (unpaired) electrons. The number of rotatable bonds is 4. The first-order valence-corrected chi connectivity index (χ1v) is 6.48. The van der Waals surface area contributed by atoms with E-state index in [1.807, 2.05) is 0 Å². The molecule has 5 heteroatoms. The van der Waals surface area contributed by atoms with Gasteiger partial charge in [0.05, 0.1) is 6.54 Å². The van der Waals surface area contributed by atoms with E-state index in [9.17, 15) is 13.2 Å². The van der Waals surface area contributed by atoms with Crippen molar-refractivity contribution in [3.05, 3.63) is 0 Å². The SMILES string of the molecule is CC1CCNC(CN(CC(F)(F)F)C2CC2)C1. The Morgan fingerprint density at radius 3 is 2.47 bits per heavy atom. The summed E-state index contributed by atoms with van der Waals surface area (Å²) < 4.78 is 37.4. The average molecular weight is 250 g/mol. The fraction of sp³-hybridized carbons (Fsp3) is 1.00. The van der Waals surface area contributed by atoms with Crippen LogP contribution < -0.4 is 5.32 Å². The molecule has 0 aromatic heterocycles. The molecule has 0 aromatic rings. The van der Waals surface area contributed by atoms with E-state index in [0.717, 1.165) is 32.2 Å². The predicted molar refractivity (Wildman–Crippen MR) is 60.8 cm³/mol. The second kappa shape index (κ2) is 5.14. The zero-order valence-electron chi connectivity index (χ0n) is 10.3. The molecular weight excluding hydrogens is 229 g/mol. The van der Waals surface area contributed by atoms with Gasteiger partial charge in [-0.15, -0.1) is 0 Å². The lowest BCUT2D eigenvalue weighted by molar-refractivity contribution is -0.148. The fourth-order valence-corrected chi connectivity index (χ4v) is 2.66. The Morgan fingerprint density at radius 1 is 1.24 bits per heavy atom. The van der Waals surface area contributed by atoms with Gasteiger partial charge in [-0.3, -0.25) is 4.90 Å². The van der Waals surface area contributed by atoms with Crippen LogP contribution in [0.1, 0.15) is 32.6 Å². The molecule has 1 heterocycles. The zero-order valence-corrected chi connectivity index (χ0v) is 10.3. The Kier molecular flexibility index (Phi) is 3.98. The number of alkyl halides is 3. The molecule has 1 saturated carbocycles. The van der Waals surface area contributed by atoms with Crippen molar-refractivity contribution in [2.45, 2.75) is 50.9 Å². The van der Waals surface area contributed by atoms with Crippen LogP contribution >= 0.6 is 0 Å². The lowest BCUT2D eigenvalue weighted by atomic mass is 9.94.